The van der Waals surface area contributed by atoms with E-state index in [2.05, 4.69) is 4.98 Å². The Balaban J connectivity index is 2.35. The number of nitrogens with two attached hydrogens (primary N) is 1. The summed E-state index contributed by atoms with van der Waals surface area (Å²) in [6, 6.07) is 9.83. The van der Waals surface area contributed by atoms with Crippen LogP contribution in [0.1, 0.15) is 16.7 Å². The minimum atomic E-state index is 0.363. The van der Waals surface area contributed by atoms with Gasteiger partial charge < -0.3 is 15.4 Å². The Hall–Kier alpha value is -2.14. The van der Waals surface area contributed by atoms with Crippen molar-refractivity contribution in [3.63, 3.8) is 0 Å². The van der Waals surface area contributed by atoms with E-state index >= 15 is 0 Å². The van der Waals surface area contributed by atoms with Gasteiger partial charge in [0.2, 0.25) is 0 Å². The topological polar surface area (TPSA) is 51.4 Å². The molecule has 0 aliphatic heterocycles. The highest BCUT2D eigenvalue weighted by Gasteiger charge is 2.15. The van der Waals surface area contributed by atoms with Crippen LogP contribution >= 0.6 is 12.2 Å². The van der Waals surface area contributed by atoms with E-state index in [1.54, 1.807) is 13.3 Å². The van der Waals surface area contributed by atoms with Gasteiger partial charge in [-0.05, 0) is 24.6 Å². The molecular weight excluding hydrogens is 282 g/mol. The van der Waals surface area contributed by atoms with E-state index in [1.165, 1.54) is 0 Å². The summed E-state index contributed by atoms with van der Waals surface area (Å²) in [4.78, 5) is 6.82. The first-order valence-corrected chi connectivity index (χ1v) is 7.04. The molecule has 0 saturated heterocycles. The zero-order chi connectivity index (χ0) is 15.4. The Bertz CT molecular complexity index is 658. The molecule has 0 bridgehead atoms. The summed E-state index contributed by atoms with van der Waals surface area (Å²) in [7, 11) is 3.64. The van der Waals surface area contributed by atoms with E-state index in [1.807, 2.05) is 49.2 Å². The highest BCUT2D eigenvalue weighted by Crippen LogP contribution is 2.24. The minimum absolute atomic E-state index is 0.363. The fourth-order valence-corrected chi connectivity index (χ4v) is 2.55. The lowest BCUT2D eigenvalue weighted by Gasteiger charge is -2.22. The molecule has 0 fully saturated rings. The quantitative estimate of drug-likeness (QED) is 0.861. The summed E-state index contributed by atoms with van der Waals surface area (Å²) in [6.07, 6.45) is 1.77. The minimum Gasteiger partial charge on any atom is -0.496 e. The van der Waals surface area contributed by atoms with Crippen molar-refractivity contribution >= 4 is 23.0 Å². The van der Waals surface area contributed by atoms with Crippen LogP contribution in [0.5, 0.6) is 5.75 Å². The summed E-state index contributed by atoms with van der Waals surface area (Å²) < 4.78 is 5.39. The van der Waals surface area contributed by atoms with Gasteiger partial charge >= 0.3 is 0 Å². The van der Waals surface area contributed by atoms with Gasteiger partial charge in [-0.25, -0.2) is 4.98 Å². The SMILES string of the molecule is COc1ccccc1CN(C)c1nccc(C)c1C(N)=S. The number of methoxy groups -OCH3 is 1. The average Bonchev–Trinajstić information content (AvgIpc) is 2.47. The van der Waals surface area contributed by atoms with Crippen LogP contribution in [-0.2, 0) is 6.54 Å². The third kappa shape index (κ3) is 3.31. The molecule has 1 aromatic heterocycles. The fourth-order valence-electron chi connectivity index (χ4n) is 2.30. The number of para-hydroxylation sites is 1. The van der Waals surface area contributed by atoms with Gasteiger partial charge in [0.25, 0.3) is 0 Å². The standard InChI is InChI=1S/C16H19N3OS/c1-11-8-9-18-16(14(11)15(17)21)19(2)10-12-6-4-5-7-13(12)20-3/h4-9H,10H2,1-3H3,(H2,17,21). The van der Waals surface area contributed by atoms with Crippen LogP contribution in [0.15, 0.2) is 36.5 Å². The Kier molecular flexibility index (Phi) is 4.75. The number of hydrogen-bond donors (Lipinski definition) is 1. The normalized spacial score (nSPS) is 10.2. The Labute approximate surface area is 130 Å². The molecule has 0 atom stereocenters. The average molecular weight is 301 g/mol. The summed E-state index contributed by atoms with van der Waals surface area (Å²) in [5.74, 6) is 1.64. The van der Waals surface area contributed by atoms with Gasteiger partial charge in [-0.2, -0.15) is 0 Å². The Morgan fingerprint density at radius 1 is 1.33 bits per heavy atom. The second-order valence-corrected chi connectivity index (χ2v) is 5.30. The molecule has 0 aliphatic carbocycles. The fraction of sp³-hybridized carbons (Fsp3) is 0.250. The predicted molar refractivity (Wildman–Crippen MR) is 90.0 cm³/mol. The zero-order valence-electron chi connectivity index (χ0n) is 12.5. The zero-order valence-corrected chi connectivity index (χ0v) is 13.3. The molecule has 5 heteroatoms. The molecule has 2 N–H and O–H groups in total. The van der Waals surface area contributed by atoms with Gasteiger partial charge in [-0.15, -0.1) is 0 Å². The molecule has 1 aromatic carbocycles. The molecule has 0 amide bonds. The van der Waals surface area contributed by atoms with Crippen molar-refractivity contribution in [3.05, 3.63) is 53.2 Å². The smallest absolute Gasteiger partial charge is 0.139 e. The molecule has 0 saturated carbocycles. The molecular formula is C16H19N3OS. The Morgan fingerprint density at radius 3 is 2.71 bits per heavy atom. The van der Waals surface area contributed by atoms with Crippen molar-refractivity contribution < 1.29 is 4.74 Å². The highest BCUT2D eigenvalue weighted by molar-refractivity contribution is 7.80. The molecule has 0 aliphatic rings. The Morgan fingerprint density at radius 2 is 2.05 bits per heavy atom. The van der Waals surface area contributed by atoms with Crippen molar-refractivity contribution in [1.29, 1.82) is 0 Å². The van der Waals surface area contributed by atoms with Crippen LogP contribution in [0.2, 0.25) is 0 Å². The van der Waals surface area contributed by atoms with E-state index in [9.17, 15) is 0 Å². The number of nitrogens with zero attached hydrogens (tertiary/aromatic N) is 2. The van der Waals surface area contributed by atoms with Crippen molar-refractivity contribution in [1.82, 2.24) is 4.98 Å². The summed E-state index contributed by atoms with van der Waals surface area (Å²) >= 11 is 5.16. The number of hydrogen-bond acceptors (Lipinski definition) is 4. The molecule has 0 spiro atoms. The van der Waals surface area contributed by atoms with Gasteiger partial charge in [0.05, 0.1) is 12.7 Å². The van der Waals surface area contributed by atoms with E-state index in [0.717, 1.165) is 28.3 Å². The lowest BCUT2D eigenvalue weighted by molar-refractivity contribution is 0.409. The van der Waals surface area contributed by atoms with Gasteiger partial charge in [0.15, 0.2) is 0 Å². The first-order chi connectivity index (χ1) is 10.0. The maximum Gasteiger partial charge on any atom is 0.139 e. The van der Waals surface area contributed by atoms with E-state index in [-0.39, 0.29) is 0 Å². The van der Waals surface area contributed by atoms with Gasteiger partial charge in [-0.1, -0.05) is 30.4 Å². The van der Waals surface area contributed by atoms with Crippen LogP contribution in [0.4, 0.5) is 5.82 Å². The van der Waals surface area contributed by atoms with Crippen molar-refractivity contribution in [2.45, 2.75) is 13.5 Å². The van der Waals surface area contributed by atoms with Gasteiger partial charge in [-0.3, -0.25) is 0 Å². The number of ether oxygens (including phenoxy) is 1. The van der Waals surface area contributed by atoms with Crippen LogP contribution in [0.3, 0.4) is 0 Å². The van der Waals surface area contributed by atoms with Crippen LogP contribution in [0, 0.1) is 6.92 Å². The third-order valence-electron chi connectivity index (χ3n) is 3.35. The van der Waals surface area contributed by atoms with Crippen LogP contribution in [-0.4, -0.2) is 24.1 Å². The summed E-state index contributed by atoms with van der Waals surface area (Å²) in [6.45, 7) is 2.65. The second kappa shape index (κ2) is 6.54. The van der Waals surface area contributed by atoms with Crippen molar-refractivity contribution in [2.75, 3.05) is 19.1 Å². The lowest BCUT2D eigenvalue weighted by Crippen LogP contribution is -2.24. The molecule has 0 unspecified atom stereocenters. The monoisotopic (exact) mass is 301 g/mol. The first-order valence-electron chi connectivity index (χ1n) is 6.63. The summed E-state index contributed by atoms with van der Waals surface area (Å²) in [5.41, 5.74) is 8.78. The summed E-state index contributed by atoms with van der Waals surface area (Å²) in [5, 5.41) is 0. The molecule has 2 rings (SSSR count). The number of aryl methyl sites for hydroxylation is 1. The molecule has 21 heavy (non-hydrogen) atoms. The number of benzene rings is 1. The van der Waals surface area contributed by atoms with E-state index < -0.39 is 0 Å². The third-order valence-corrected chi connectivity index (χ3v) is 3.55. The number of aromatic nitrogens is 1. The number of pyridine rings is 1. The maximum absolute atomic E-state index is 5.84. The second-order valence-electron chi connectivity index (χ2n) is 4.86. The first kappa shape index (κ1) is 15.3. The molecule has 0 radical (unpaired) electrons. The maximum atomic E-state index is 5.84. The van der Waals surface area contributed by atoms with Crippen molar-refractivity contribution in [2.24, 2.45) is 5.73 Å². The largest absolute Gasteiger partial charge is 0.496 e. The number of rotatable bonds is 5. The molecule has 2 aromatic rings. The molecule has 4 nitrogen and oxygen atoms in total. The van der Waals surface area contributed by atoms with Crippen molar-refractivity contribution in [3.8, 4) is 5.75 Å². The highest BCUT2D eigenvalue weighted by atomic mass is 32.1. The van der Waals surface area contributed by atoms with Crippen LogP contribution in [0.25, 0.3) is 0 Å². The van der Waals surface area contributed by atoms with Crippen LogP contribution < -0.4 is 15.4 Å². The van der Waals surface area contributed by atoms with E-state index in [0.29, 0.717) is 11.5 Å². The molecule has 1 heterocycles. The lowest BCUT2D eigenvalue weighted by atomic mass is 10.1. The van der Waals surface area contributed by atoms with Gasteiger partial charge in [0, 0.05) is 25.4 Å². The predicted octanol–water partition coefficient (Wildman–Crippen LogP) is 2.67. The number of thiocarbonyl (C=S) groups is 1. The molecule has 110 valence electrons. The van der Waals surface area contributed by atoms with E-state index in [4.69, 9.17) is 22.7 Å². The number of anilines is 1. The van der Waals surface area contributed by atoms with Gasteiger partial charge in [0.1, 0.15) is 16.6 Å².